The summed E-state index contributed by atoms with van der Waals surface area (Å²) >= 11 is 11.5. The fourth-order valence-corrected chi connectivity index (χ4v) is 3.61. The molecule has 0 bridgehead atoms. The second kappa shape index (κ2) is 11.0. The lowest BCUT2D eigenvalue weighted by molar-refractivity contribution is -0.121. The van der Waals surface area contributed by atoms with Crippen molar-refractivity contribution in [3.8, 4) is 5.75 Å². The van der Waals surface area contributed by atoms with Crippen LogP contribution in [0.5, 0.6) is 5.75 Å². The molecule has 0 aliphatic carbocycles. The summed E-state index contributed by atoms with van der Waals surface area (Å²) in [6, 6.07) is 12.5. The Balaban J connectivity index is 1.53. The maximum Gasteiger partial charge on any atom is 0.264 e. The summed E-state index contributed by atoms with van der Waals surface area (Å²) in [5.74, 6) is 0.0670. The van der Waals surface area contributed by atoms with Crippen LogP contribution in [-0.2, 0) is 14.9 Å². The third-order valence-electron chi connectivity index (χ3n) is 5.10. The molecule has 2 amide bonds. The number of benzene rings is 2. The number of rotatable bonds is 5. The molecule has 1 aliphatic rings. The van der Waals surface area contributed by atoms with Crippen LogP contribution in [0.3, 0.4) is 0 Å². The van der Waals surface area contributed by atoms with Gasteiger partial charge >= 0.3 is 0 Å². The smallest absolute Gasteiger partial charge is 0.264 e. The van der Waals surface area contributed by atoms with Gasteiger partial charge in [0.15, 0.2) is 11.7 Å². The van der Waals surface area contributed by atoms with Crippen LogP contribution in [0.25, 0.3) is 0 Å². The molecule has 0 spiro atoms. The van der Waals surface area contributed by atoms with E-state index in [0.717, 1.165) is 0 Å². The number of carbonyl (C=O) groups is 2. The summed E-state index contributed by atoms with van der Waals surface area (Å²) in [6.45, 7) is 8.31. The van der Waals surface area contributed by atoms with Crippen LogP contribution in [0.2, 0.25) is 5.02 Å². The molecule has 176 valence electrons. The monoisotopic (exact) mass is 489 g/mol. The van der Waals surface area contributed by atoms with Gasteiger partial charge < -0.3 is 19.7 Å². The zero-order valence-electron chi connectivity index (χ0n) is 18.9. The van der Waals surface area contributed by atoms with E-state index in [1.807, 2.05) is 24.3 Å². The Morgan fingerprint density at radius 1 is 1.12 bits per heavy atom. The average molecular weight is 490 g/mol. The van der Waals surface area contributed by atoms with Gasteiger partial charge in [0.2, 0.25) is 0 Å². The molecule has 0 aromatic heterocycles. The Bertz CT molecular complexity index is 1020. The Morgan fingerprint density at radius 3 is 2.42 bits per heavy atom. The van der Waals surface area contributed by atoms with Gasteiger partial charge in [-0.25, -0.2) is 0 Å². The van der Waals surface area contributed by atoms with Crippen molar-refractivity contribution >= 4 is 46.4 Å². The third-order valence-corrected chi connectivity index (χ3v) is 5.64. The molecule has 0 atom stereocenters. The van der Waals surface area contributed by atoms with E-state index < -0.39 is 5.91 Å². The molecule has 1 fully saturated rings. The van der Waals surface area contributed by atoms with Gasteiger partial charge in [-0.3, -0.25) is 14.9 Å². The van der Waals surface area contributed by atoms with E-state index in [2.05, 4.69) is 31.4 Å². The highest BCUT2D eigenvalue weighted by atomic mass is 35.5. The Labute approximate surface area is 204 Å². The maximum atomic E-state index is 12.7. The zero-order chi connectivity index (χ0) is 24.0. The van der Waals surface area contributed by atoms with Crippen LogP contribution in [0.1, 0.15) is 36.7 Å². The van der Waals surface area contributed by atoms with Crippen molar-refractivity contribution in [2.24, 2.45) is 0 Å². The van der Waals surface area contributed by atoms with Crippen LogP contribution in [0.15, 0.2) is 42.5 Å². The quantitative estimate of drug-likeness (QED) is 0.618. The molecule has 7 nitrogen and oxygen atoms in total. The number of morpholine rings is 1. The maximum absolute atomic E-state index is 12.7. The predicted octanol–water partition coefficient (Wildman–Crippen LogP) is 4.00. The summed E-state index contributed by atoms with van der Waals surface area (Å²) in [7, 11) is 0. The van der Waals surface area contributed by atoms with E-state index in [9.17, 15) is 9.59 Å². The first kappa shape index (κ1) is 25.0. The van der Waals surface area contributed by atoms with E-state index in [-0.39, 0.29) is 23.0 Å². The topological polar surface area (TPSA) is 79.9 Å². The van der Waals surface area contributed by atoms with Gasteiger partial charge in [0, 0.05) is 18.7 Å². The summed E-state index contributed by atoms with van der Waals surface area (Å²) in [5.41, 5.74) is 2.12. The van der Waals surface area contributed by atoms with E-state index >= 15 is 0 Å². The van der Waals surface area contributed by atoms with Crippen molar-refractivity contribution < 1.29 is 19.1 Å². The van der Waals surface area contributed by atoms with Crippen LogP contribution in [-0.4, -0.2) is 54.7 Å². The molecule has 1 heterocycles. The molecule has 9 heteroatoms. The lowest BCUT2D eigenvalue weighted by Gasteiger charge is -2.27. The second-order valence-electron chi connectivity index (χ2n) is 8.66. The number of thiocarbonyl (C=S) groups is 1. The molecule has 2 aromatic carbocycles. The van der Waals surface area contributed by atoms with Crippen molar-refractivity contribution in [1.29, 1.82) is 0 Å². The summed E-state index contributed by atoms with van der Waals surface area (Å²) in [4.78, 5) is 26.7. The zero-order valence-corrected chi connectivity index (χ0v) is 20.5. The van der Waals surface area contributed by atoms with E-state index in [0.29, 0.717) is 48.3 Å². The van der Waals surface area contributed by atoms with Crippen molar-refractivity contribution in [3.63, 3.8) is 0 Å². The van der Waals surface area contributed by atoms with Crippen molar-refractivity contribution in [2.75, 3.05) is 38.2 Å². The normalized spacial score (nSPS) is 13.9. The molecule has 33 heavy (non-hydrogen) atoms. The van der Waals surface area contributed by atoms with Gasteiger partial charge in [-0.1, -0.05) is 44.5 Å². The lowest BCUT2D eigenvalue weighted by Crippen LogP contribution is -2.40. The number of amides is 2. The molecule has 0 unspecified atom stereocenters. The van der Waals surface area contributed by atoms with Gasteiger partial charge in [0.05, 0.1) is 23.9 Å². The summed E-state index contributed by atoms with van der Waals surface area (Å²) in [6.07, 6.45) is 0. The summed E-state index contributed by atoms with van der Waals surface area (Å²) in [5, 5.41) is 5.87. The number of hydrogen-bond acceptors (Lipinski definition) is 5. The highest BCUT2D eigenvalue weighted by molar-refractivity contribution is 7.80. The van der Waals surface area contributed by atoms with Crippen LogP contribution < -0.4 is 15.4 Å². The number of hydrogen-bond donors (Lipinski definition) is 2. The van der Waals surface area contributed by atoms with Gasteiger partial charge in [0.25, 0.3) is 11.8 Å². The highest BCUT2D eigenvalue weighted by Gasteiger charge is 2.20. The predicted molar refractivity (Wildman–Crippen MR) is 133 cm³/mol. The number of carbonyl (C=O) groups excluding carboxylic acids is 2. The number of ether oxygens (including phenoxy) is 2. The van der Waals surface area contributed by atoms with E-state index in [1.54, 1.807) is 23.1 Å². The first-order chi connectivity index (χ1) is 15.6. The Kier molecular flexibility index (Phi) is 8.29. The van der Waals surface area contributed by atoms with Gasteiger partial charge in [0.1, 0.15) is 5.75 Å². The van der Waals surface area contributed by atoms with Crippen LogP contribution >= 0.6 is 23.8 Å². The molecule has 1 saturated heterocycles. The minimum atomic E-state index is -0.413. The van der Waals surface area contributed by atoms with Crippen molar-refractivity contribution in [2.45, 2.75) is 26.2 Å². The summed E-state index contributed by atoms with van der Waals surface area (Å²) < 4.78 is 10.8. The first-order valence-corrected chi connectivity index (χ1v) is 11.4. The largest absolute Gasteiger partial charge is 0.484 e. The number of anilines is 1. The molecule has 0 radical (unpaired) electrons. The van der Waals surface area contributed by atoms with E-state index in [1.165, 1.54) is 5.56 Å². The first-order valence-electron chi connectivity index (χ1n) is 10.6. The van der Waals surface area contributed by atoms with E-state index in [4.69, 9.17) is 33.3 Å². The SMILES string of the molecule is CC(C)(C)c1ccc(OCC(=O)NC(=S)Nc2cc(C(=O)N3CCOCC3)ccc2Cl)cc1. The molecule has 3 rings (SSSR count). The molecule has 2 N–H and O–H groups in total. The van der Waals surface area contributed by atoms with Crippen LogP contribution in [0, 0.1) is 0 Å². The fourth-order valence-electron chi connectivity index (χ4n) is 3.22. The Morgan fingerprint density at radius 2 is 1.79 bits per heavy atom. The van der Waals surface area contributed by atoms with Crippen LogP contribution in [0.4, 0.5) is 5.69 Å². The second-order valence-corrected chi connectivity index (χ2v) is 9.48. The minimum absolute atomic E-state index is 0.0408. The number of nitrogens with zero attached hydrogens (tertiary/aromatic N) is 1. The average Bonchev–Trinajstić information content (AvgIpc) is 2.79. The molecular weight excluding hydrogens is 462 g/mol. The van der Waals surface area contributed by atoms with Crippen molar-refractivity contribution in [1.82, 2.24) is 10.2 Å². The highest BCUT2D eigenvalue weighted by Crippen LogP contribution is 2.25. The number of halogens is 1. The molecule has 0 saturated carbocycles. The molecule has 1 aliphatic heterocycles. The molecular formula is C24H28ClN3O4S. The molecule has 2 aromatic rings. The van der Waals surface area contributed by atoms with Crippen molar-refractivity contribution in [3.05, 3.63) is 58.6 Å². The standard InChI is InChI=1S/C24H28ClN3O4S/c1-24(2,3)17-5-7-18(8-6-17)32-15-21(29)27-23(33)26-20-14-16(4-9-19(20)25)22(30)28-10-12-31-13-11-28/h4-9,14H,10-13,15H2,1-3H3,(H2,26,27,29,33). The van der Waals surface area contributed by atoms with Gasteiger partial charge in [-0.2, -0.15) is 0 Å². The number of nitrogens with one attached hydrogen (secondary N) is 2. The van der Waals surface area contributed by atoms with Gasteiger partial charge in [-0.15, -0.1) is 0 Å². The Hall–Kier alpha value is -2.68. The third kappa shape index (κ3) is 7.15. The fraction of sp³-hybridized carbons (Fsp3) is 0.375. The minimum Gasteiger partial charge on any atom is -0.484 e. The van der Waals surface area contributed by atoms with Gasteiger partial charge in [-0.05, 0) is 53.5 Å². The lowest BCUT2D eigenvalue weighted by atomic mass is 9.87.